The third-order valence-electron chi connectivity index (χ3n) is 16.0. The average molecular weight is 823 g/mol. The van der Waals surface area contributed by atoms with E-state index in [0.717, 1.165) is 0 Å². The van der Waals surface area contributed by atoms with Gasteiger partial charge in [-0.15, -0.1) is 0 Å². The summed E-state index contributed by atoms with van der Waals surface area (Å²) in [7, 11) is 0. The Bertz CT molecular complexity index is 3220. The highest BCUT2D eigenvalue weighted by Crippen LogP contribution is 2.57. The zero-order valence-electron chi connectivity index (χ0n) is 37.3. The normalized spacial score (nSPS) is 22.0. The molecule has 4 aliphatic carbocycles. The summed E-state index contributed by atoms with van der Waals surface area (Å²) in [5, 5.41) is 0. The van der Waals surface area contributed by atoms with Crippen molar-refractivity contribution in [3.05, 3.63) is 233 Å². The molecular weight excluding hydrogens is 771 g/mol. The summed E-state index contributed by atoms with van der Waals surface area (Å²) in [6.45, 7) is 12.1. The second-order valence-electron chi connectivity index (χ2n) is 20.1. The van der Waals surface area contributed by atoms with E-state index in [-0.39, 0.29) is 29.4 Å². The van der Waals surface area contributed by atoms with Crippen molar-refractivity contribution in [2.24, 2.45) is 5.92 Å². The van der Waals surface area contributed by atoms with E-state index in [4.69, 9.17) is 0 Å². The van der Waals surface area contributed by atoms with E-state index in [9.17, 15) is 0 Å². The van der Waals surface area contributed by atoms with E-state index in [1.807, 2.05) is 0 Å². The van der Waals surface area contributed by atoms with E-state index >= 15 is 0 Å². The highest BCUT2D eigenvalue weighted by molar-refractivity contribution is 6.93. The minimum atomic E-state index is -0.125. The van der Waals surface area contributed by atoms with Gasteiger partial charge in [0.15, 0.2) is 0 Å². The van der Waals surface area contributed by atoms with E-state index < -0.39 is 0 Å². The first-order valence-electron chi connectivity index (χ1n) is 23.3. The Morgan fingerprint density at radius 1 is 0.562 bits per heavy atom. The molecule has 3 heteroatoms. The molecule has 0 spiro atoms. The summed E-state index contributed by atoms with van der Waals surface area (Å²) in [5.41, 5.74) is 24.0. The summed E-state index contributed by atoms with van der Waals surface area (Å²) in [6.07, 6.45) is 14.9. The molecule has 0 fully saturated rings. The summed E-state index contributed by atoms with van der Waals surface area (Å²) in [4.78, 5) is 5.38. The van der Waals surface area contributed by atoms with Crippen molar-refractivity contribution in [1.82, 2.24) is 0 Å². The number of fused-ring (bicyclic) bond motifs is 10. The molecule has 0 amide bonds. The highest BCUT2D eigenvalue weighted by atomic mass is 15.2. The molecule has 2 heterocycles. The van der Waals surface area contributed by atoms with E-state index in [2.05, 4.69) is 239 Å². The standard InChI is InChI=1S/C61H51BN2/c1-38-34-55-59-56(35-38)64(42-31-33-48-46-23-13-15-27-50(46)61(4,5)52(48)37-42)54-29-17-25-44(40-20-10-7-11-21-40)58(54)62(59)57-43(39-18-8-6-9-19-39)24-16-28-53(57)63(55)41-30-32-47-45-22-12-14-26-49(45)60(2,3)51(47)36-41/h6-37,47,51,53,57H,1-5H3. The van der Waals surface area contributed by atoms with Gasteiger partial charge in [0.1, 0.15) is 0 Å². The number of anilines is 4. The van der Waals surface area contributed by atoms with Gasteiger partial charge in [-0.1, -0.05) is 185 Å². The van der Waals surface area contributed by atoms with Gasteiger partial charge < -0.3 is 9.80 Å². The van der Waals surface area contributed by atoms with Crippen LogP contribution in [0.15, 0.2) is 200 Å². The van der Waals surface area contributed by atoms with Gasteiger partial charge in [-0.05, 0) is 133 Å². The number of hydrogen-bond donors (Lipinski definition) is 0. The SMILES string of the molecule is Cc1cc2c3c(c1)N(C1=CC4C(C=C1)c1ccccc1C4(C)C)C1C=CC=C(c4ccccc4)C1B3c1c(-c3ccccc3)cccc1N2c1ccc2c(c1)C(C)(C)c1ccccc1-2. The Hall–Kier alpha value is -6.84. The van der Waals surface area contributed by atoms with Gasteiger partial charge in [-0.3, -0.25) is 0 Å². The quantitative estimate of drug-likeness (QED) is 0.163. The Labute approximate surface area is 378 Å². The Balaban J connectivity index is 1.09. The summed E-state index contributed by atoms with van der Waals surface area (Å²) in [6, 6.07) is 59.9. The summed E-state index contributed by atoms with van der Waals surface area (Å²) in [5.74, 6) is 0.836. The van der Waals surface area contributed by atoms with Crippen LogP contribution < -0.4 is 20.7 Å². The molecule has 0 aromatic heterocycles. The minimum absolute atomic E-state index is 0.000139. The second kappa shape index (κ2) is 13.6. The van der Waals surface area contributed by atoms with Gasteiger partial charge in [-0.25, -0.2) is 0 Å². The number of allylic oxidation sites excluding steroid dienone is 5. The smallest absolute Gasteiger partial charge is 0.228 e. The van der Waals surface area contributed by atoms with Gasteiger partial charge in [-0.2, -0.15) is 0 Å². The van der Waals surface area contributed by atoms with Gasteiger partial charge in [0, 0.05) is 39.8 Å². The number of aryl methyl sites for hydroxylation is 1. The van der Waals surface area contributed by atoms with E-state index in [1.165, 1.54) is 101 Å². The molecular formula is C61H51BN2. The average Bonchev–Trinajstić information content (AvgIpc) is 3.70. The first-order valence-corrected chi connectivity index (χ1v) is 23.3. The van der Waals surface area contributed by atoms with Crippen LogP contribution in [-0.2, 0) is 10.8 Å². The van der Waals surface area contributed by atoms with Crippen LogP contribution in [0.4, 0.5) is 22.7 Å². The first-order chi connectivity index (χ1) is 31.2. The first kappa shape index (κ1) is 37.7. The van der Waals surface area contributed by atoms with Crippen molar-refractivity contribution in [3.8, 4) is 22.3 Å². The zero-order chi connectivity index (χ0) is 43.1. The van der Waals surface area contributed by atoms with Crippen LogP contribution in [0.2, 0.25) is 5.82 Å². The zero-order valence-corrected chi connectivity index (χ0v) is 37.3. The van der Waals surface area contributed by atoms with Crippen molar-refractivity contribution >= 4 is 46.0 Å². The van der Waals surface area contributed by atoms with Crippen molar-refractivity contribution in [3.63, 3.8) is 0 Å². The topological polar surface area (TPSA) is 6.48 Å². The second-order valence-corrected chi connectivity index (χ2v) is 20.1. The molecule has 7 aromatic rings. The largest absolute Gasteiger partial charge is 0.335 e. The molecule has 0 N–H and O–H groups in total. The molecule has 0 bridgehead atoms. The molecule has 64 heavy (non-hydrogen) atoms. The number of rotatable bonds is 4. The fourth-order valence-electron chi connectivity index (χ4n) is 13.2. The van der Waals surface area contributed by atoms with Crippen molar-refractivity contribution < 1.29 is 0 Å². The van der Waals surface area contributed by atoms with Crippen LogP contribution in [-0.4, -0.2) is 12.8 Å². The Kier molecular flexibility index (Phi) is 8.00. The van der Waals surface area contributed by atoms with E-state index in [1.54, 1.807) is 0 Å². The molecule has 0 radical (unpaired) electrons. The lowest BCUT2D eigenvalue weighted by atomic mass is 9.27. The molecule has 2 nitrogen and oxygen atoms in total. The molecule has 0 saturated heterocycles. The van der Waals surface area contributed by atoms with Crippen LogP contribution in [0, 0.1) is 12.8 Å². The van der Waals surface area contributed by atoms with Crippen LogP contribution in [0.1, 0.15) is 67.0 Å². The number of nitrogens with zero attached hydrogens (tertiary/aromatic N) is 2. The monoisotopic (exact) mass is 822 g/mol. The molecule has 0 saturated carbocycles. The maximum atomic E-state index is 2.75. The molecule has 2 aliphatic heterocycles. The highest BCUT2D eigenvalue weighted by Gasteiger charge is 2.53. The van der Waals surface area contributed by atoms with Crippen molar-refractivity contribution in [2.75, 3.05) is 9.80 Å². The van der Waals surface area contributed by atoms with Crippen molar-refractivity contribution in [1.29, 1.82) is 0 Å². The van der Waals surface area contributed by atoms with Crippen LogP contribution in [0.5, 0.6) is 0 Å². The maximum absolute atomic E-state index is 2.75. The van der Waals surface area contributed by atoms with Crippen LogP contribution in [0.25, 0.3) is 27.8 Å². The van der Waals surface area contributed by atoms with Gasteiger partial charge >= 0.3 is 0 Å². The third-order valence-corrected chi connectivity index (χ3v) is 16.0. The van der Waals surface area contributed by atoms with E-state index in [0.29, 0.717) is 11.8 Å². The van der Waals surface area contributed by atoms with Gasteiger partial charge in [0.2, 0.25) is 6.71 Å². The predicted octanol–water partition coefficient (Wildman–Crippen LogP) is 13.7. The lowest BCUT2D eigenvalue weighted by Gasteiger charge is -2.52. The van der Waals surface area contributed by atoms with Gasteiger partial charge in [0.25, 0.3) is 0 Å². The number of hydrogen-bond acceptors (Lipinski definition) is 2. The lowest BCUT2D eigenvalue weighted by Crippen LogP contribution is -2.63. The lowest BCUT2D eigenvalue weighted by molar-refractivity contribution is 0.391. The van der Waals surface area contributed by atoms with Crippen LogP contribution in [0.3, 0.4) is 0 Å². The minimum Gasteiger partial charge on any atom is -0.335 e. The van der Waals surface area contributed by atoms with Crippen LogP contribution >= 0.6 is 0 Å². The number of benzene rings is 7. The summed E-state index contributed by atoms with van der Waals surface area (Å²) < 4.78 is 0. The molecule has 4 unspecified atom stereocenters. The maximum Gasteiger partial charge on any atom is 0.228 e. The Morgan fingerprint density at radius 3 is 2.06 bits per heavy atom. The van der Waals surface area contributed by atoms with Crippen molar-refractivity contribution in [2.45, 2.75) is 63.2 Å². The van der Waals surface area contributed by atoms with Gasteiger partial charge in [0.05, 0.1) is 6.04 Å². The fraction of sp³-hybridized carbons (Fsp3) is 0.180. The predicted molar refractivity (Wildman–Crippen MR) is 270 cm³/mol. The molecule has 4 atom stereocenters. The molecule has 308 valence electrons. The molecule has 6 aliphatic rings. The summed E-state index contributed by atoms with van der Waals surface area (Å²) >= 11 is 0. The molecule has 7 aromatic carbocycles. The third kappa shape index (κ3) is 5.16. The Morgan fingerprint density at radius 2 is 1.25 bits per heavy atom. The molecule has 13 rings (SSSR count). The fourth-order valence-corrected chi connectivity index (χ4v) is 13.2.